The van der Waals surface area contributed by atoms with Crippen molar-refractivity contribution in [3.8, 4) is 11.5 Å². The second-order valence-electron chi connectivity index (χ2n) is 6.05. The molecule has 1 aliphatic heterocycles. The smallest absolute Gasteiger partial charge is 0.228 e. The fourth-order valence-electron chi connectivity index (χ4n) is 3.17. The Kier molecular flexibility index (Phi) is 3.49. The monoisotopic (exact) mass is 349 g/mol. The molecule has 25 heavy (non-hydrogen) atoms. The summed E-state index contributed by atoms with van der Waals surface area (Å²) >= 11 is 0. The third-order valence-corrected chi connectivity index (χ3v) is 4.45. The van der Waals surface area contributed by atoms with Crippen LogP contribution >= 0.6 is 0 Å². The highest BCUT2D eigenvalue weighted by molar-refractivity contribution is 5.98. The summed E-state index contributed by atoms with van der Waals surface area (Å²) in [6.07, 6.45) is 1.88. The molecule has 0 amide bonds. The van der Waals surface area contributed by atoms with E-state index in [4.69, 9.17) is 14.9 Å². The molecule has 3 aromatic heterocycles. The van der Waals surface area contributed by atoms with Gasteiger partial charge >= 0.3 is 0 Å². The molecule has 9 nitrogen and oxygen atoms in total. The van der Waals surface area contributed by atoms with E-state index in [-0.39, 0.29) is 11.7 Å². The van der Waals surface area contributed by atoms with Gasteiger partial charge in [-0.05, 0) is 6.92 Å². The number of alkyl halides is 1. The lowest BCUT2D eigenvalue weighted by Crippen LogP contribution is -2.40. The van der Waals surface area contributed by atoms with Crippen LogP contribution in [0.15, 0.2) is 29.4 Å². The molecular formula is C15H16FN5O4. The molecular weight excluding hydrogens is 333 g/mol. The molecule has 0 spiro atoms. The average Bonchev–Trinajstić information content (AvgIpc) is 3.27. The molecule has 4 atom stereocenters. The van der Waals surface area contributed by atoms with Gasteiger partial charge in [-0.25, -0.2) is 19.3 Å². The number of aromatic nitrogens is 4. The van der Waals surface area contributed by atoms with Crippen LogP contribution in [0.4, 0.5) is 10.2 Å². The van der Waals surface area contributed by atoms with E-state index in [1.165, 1.54) is 36.5 Å². The van der Waals surface area contributed by atoms with Crippen LogP contribution in [-0.4, -0.2) is 54.2 Å². The van der Waals surface area contributed by atoms with Crippen LogP contribution in [0.3, 0.4) is 0 Å². The van der Waals surface area contributed by atoms with Gasteiger partial charge < -0.3 is 29.7 Å². The number of nitrogen functional groups attached to an aromatic ring is 1. The normalized spacial score (nSPS) is 29.5. The Bertz CT molecular complexity index is 910. The maximum atomic E-state index is 15.2. The number of aliphatic hydroxyl groups is 2. The molecule has 0 aromatic carbocycles. The van der Waals surface area contributed by atoms with Gasteiger partial charge in [0, 0.05) is 6.20 Å². The van der Waals surface area contributed by atoms with E-state index in [9.17, 15) is 10.2 Å². The van der Waals surface area contributed by atoms with Gasteiger partial charge in [0.25, 0.3) is 0 Å². The number of halogens is 1. The van der Waals surface area contributed by atoms with Crippen LogP contribution < -0.4 is 5.73 Å². The Balaban J connectivity index is 1.93. The lowest BCUT2D eigenvalue weighted by molar-refractivity contribution is -0.0563. The molecule has 10 heteroatoms. The van der Waals surface area contributed by atoms with Gasteiger partial charge in [-0.2, -0.15) is 0 Å². The quantitative estimate of drug-likeness (QED) is 0.628. The molecule has 0 saturated carbocycles. The predicted octanol–water partition coefficient (Wildman–Crippen LogP) is 0.647. The topological polar surface area (TPSA) is 132 Å². The zero-order valence-corrected chi connectivity index (χ0v) is 13.2. The fourth-order valence-corrected chi connectivity index (χ4v) is 3.17. The summed E-state index contributed by atoms with van der Waals surface area (Å²) in [4.78, 5) is 12.2. The Morgan fingerprint density at radius 3 is 2.84 bits per heavy atom. The number of ether oxygens (including phenoxy) is 1. The third-order valence-electron chi connectivity index (χ3n) is 4.45. The second-order valence-corrected chi connectivity index (χ2v) is 6.05. The molecule has 1 aliphatic rings. The van der Waals surface area contributed by atoms with Crippen molar-refractivity contribution in [2.24, 2.45) is 0 Å². The fraction of sp³-hybridized carbons (Fsp3) is 0.400. The predicted molar refractivity (Wildman–Crippen MR) is 84.0 cm³/mol. The van der Waals surface area contributed by atoms with Crippen molar-refractivity contribution in [1.29, 1.82) is 0 Å². The van der Waals surface area contributed by atoms with Crippen LogP contribution in [-0.2, 0) is 4.74 Å². The molecule has 4 heterocycles. The van der Waals surface area contributed by atoms with Crippen molar-refractivity contribution in [2.75, 3.05) is 12.3 Å². The van der Waals surface area contributed by atoms with Gasteiger partial charge in [0.15, 0.2) is 11.9 Å². The van der Waals surface area contributed by atoms with Crippen molar-refractivity contribution in [3.63, 3.8) is 0 Å². The van der Waals surface area contributed by atoms with Gasteiger partial charge in [-0.1, -0.05) is 0 Å². The van der Waals surface area contributed by atoms with Gasteiger partial charge in [0.05, 0.1) is 23.8 Å². The minimum absolute atomic E-state index is 0.176. The number of oxazole rings is 1. The minimum Gasteiger partial charge on any atom is -0.444 e. The summed E-state index contributed by atoms with van der Waals surface area (Å²) in [5, 5.41) is 19.9. The molecule has 0 unspecified atom stereocenters. The van der Waals surface area contributed by atoms with E-state index in [0.717, 1.165) is 0 Å². The maximum absolute atomic E-state index is 15.2. The van der Waals surface area contributed by atoms with Crippen molar-refractivity contribution < 1.29 is 23.8 Å². The first kappa shape index (κ1) is 15.9. The number of nitrogens with zero attached hydrogens (tertiary/aromatic N) is 4. The van der Waals surface area contributed by atoms with Crippen molar-refractivity contribution in [1.82, 2.24) is 19.5 Å². The minimum atomic E-state index is -2.16. The summed E-state index contributed by atoms with van der Waals surface area (Å²) in [7, 11) is 0. The molecule has 4 N–H and O–H groups in total. The Hall–Kier alpha value is -2.56. The number of hydrogen-bond acceptors (Lipinski definition) is 8. The van der Waals surface area contributed by atoms with Crippen LogP contribution in [0.25, 0.3) is 22.5 Å². The molecule has 132 valence electrons. The first-order valence-corrected chi connectivity index (χ1v) is 7.59. The van der Waals surface area contributed by atoms with E-state index in [0.29, 0.717) is 16.6 Å². The third kappa shape index (κ3) is 2.22. The number of aliphatic hydroxyl groups excluding tert-OH is 2. The molecule has 1 saturated heterocycles. The van der Waals surface area contributed by atoms with E-state index in [1.54, 1.807) is 0 Å². The summed E-state index contributed by atoms with van der Waals surface area (Å²) in [5.41, 5.74) is 4.58. The van der Waals surface area contributed by atoms with Gasteiger partial charge in [-0.3, -0.25) is 0 Å². The van der Waals surface area contributed by atoms with Crippen molar-refractivity contribution in [3.05, 3.63) is 25.0 Å². The molecule has 1 fully saturated rings. The number of rotatable bonds is 3. The summed E-state index contributed by atoms with van der Waals surface area (Å²) in [6.45, 7) is 0.694. The van der Waals surface area contributed by atoms with E-state index in [2.05, 4.69) is 15.0 Å². The number of anilines is 1. The van der Waals surface area contributed by atoms with E-state index < -0.39 is 30.7 Å². The zero-order valence-electron chi connectivity index (χ0n) is 13.2. The first-order valence-electron chi connectivity index (χ1n) is 7.59. The SMILES string of the molecule is C[C@]1(F)[C@H](O)[C@@H](CO)O[C@H]1n1cc(-c2ncco2)c2c(N)ncnc21. The maximum Gasteiger partial charge on any atom is 0.228 e. The summed E-state index contributed by atoms with van der Waals surface area (Å²) in [5.74, 6) is 0.442. The Labute approximate surface area is 140 Å². The standard InChI is InChI=1S/C15H16FN5O4/c1-15(16)10(23)8(5-22)25-14(15)21-4-7(13-18-2-3-24-13)9-11(17)19-6-20-12(9)21/h2-4,6,8,10,14,22-23H,5H2,1H3,(H2,17,19,20)/t8-,10-,14-,15+/m1/s1. The molecule has 0 bridgehead atoms. The highest BCUT2D eigenvalue weighted by atomic mass is 19.1. The number of hydrogen-bond donors (Lipinski definition) is 3. The Morgan fingerprint density at radius 1 is 1.40 bits per heavy atom. The molecule has 0 aliphatic carbocycles. The Morgan fingerprint density at radius 2 is 2.20 bits per heavy atom. The number of fused-ring (bicyclic) bond motifs is 1. The molecule has 0 radical (unpaired) electrons. The molecule has 3 aromatic rings. The summed E-state index contributed by atoms with van der Waals surface area (Å²) < 4.78 is 27.4. The zero-order chi connectivity index (χ0) is 17.8. The van der Waals surface area contributed by atoms with Gasteiger partial charge in [0.2, 0.25) is 5.89 Å². The van der Waals surface area contributed by atoms with Crippen molar-refractivity contribution >= 4 is 16.9 Å². The van der Waals surface area contributed by atoms with Crippen molar-refractivity contribution in [2.45, 2.75) is 31.0 Å². The lowest BCUT2D eigenvalue weighted by atomic mass is 9.98. The van der Waals surface area contributed by atoms with Crippen LogP contribution in [0, 0.1) is 0 Å². The van der Waals surface area contributed by atoms with Crippen LogP contribution in [0.1, 0.15) is 13.2 Å². The van der Waals surface area contributed by atoms with Crippen LogP contribution in [0.5, 0.6) is 0 Å². The first-order chi connectivity index (χ1) is 11.9. The second kappa shape index (κ2) is 5.48. The van der Waals surface area contributed by atoms with E-state index >= 15 is 4.39 Å². The lowest BCUT2D eigenvalue weighted by Gasteiger charge is -2.25. The largest absolute Gasteiger partial charge is 0.444 e. The van der Waals surface area contributed by atoms with Crippen LogP contribution in [0.2, 0.25) is 0 Å². The van der Waals surface area contributed by atoms with Gasteiger partial charge in [0.1, 0.15) is 36.3 Å². The average molecular weight is 349 g/mol. The highest BCUT2D eigenvalue weighted by Gasteiger charge is 2.55. The summed E-state index contributed by atoms with van der Waals surface area (Å²) in [6, 6.07) is 0. The molecule has 4 rings (SSSR count). The van der Waals surface area contributed by atoms with E-state index in [1.807, 2.05) is 0 Å². The van der Waals surface area contributed by atoms with Gasteiger partial charge in [-0.15, -0.1) is 0 Å². The highest BCUT2D eigenvalue weighted by Crippen LogP contribution is 2.44. The number of nitrogens with two attached hydrogens (primary N) is 1.